The zero-order valence-corrected chi connectivity index (χ0v) is 21.1. The van der Waals surface area contributed by atoms with Crippen LogP contribution in [-0.4, -0.2) is 74.4 Å². The zero-order valence-electron chi connectivity index (χ0n) is 21.1. The van der Waals surface area contributed by atoms with E-state index in [1.165, 1.54) is 14.2 Å². The molecular weight excluding hydrogens is 478 g/mol. The highest BCUT2D eigenvalue weighted by molar-refractivity contribution is 5.79. The Bertz CT molecular complexity index is 1170. The van der Waals surface area contributed by atoms with E-state index in [1.807, 2.05) is 6.07 Å². The first-order valence-corrected chi connectivity index (χ1v) is 12.9. The molecule has 2 N–H and O–H groups in total. The lowest BCUT2D eigenvalue weighted by molar-refractivity contribution is -0.141. The molecule has 198 valence electrons. The van der Waals surface area contributed by atoms with Crippen molar-refractivity contribution < 1.29 is 38.7 Å². The minimum absolute atomic E-state index is 0.0219. The first-order chi connectivity index (χ1) is 18.0. The van der Waals surface area contributed by atoms with Crippen molar-refractivity contribution in [3.05, 3.63) is 41.0 Å². The Morgan fingerprint density at radius 3 is 2.41 bits per heavy atom. The molecule has 5 atom stereocenters. The Kier molecular flexibility index (Phi) is 6.28. The largest absolute Gasteiger partial charge is 0.502 e. The lowest BCUT2D eigenvalue weighted by Crippen LogP contribution is -2.38. The number of aliphatic hydroxyl groups excluding tert-OH is 1. The van der Waals surface area contributed by atoms with E-state index in [1.54, 1.807) is 12.1 Å². The third-order valence-electron chi connectivity index (χ3n) is 8.64. The van der Waals surface area contributed by atoms with Crippen LogP contribution < -0.4 is 18.9 Å². The van der Waals surface area contributed by atoms with Gasteiger partial charge in [0.1, 0.15) is 0 Å². The molecule has 9 heteroatoms. The number of carbonyl (C=O) groups excluding carboxylic acids is 1. The van der Waals surface area contributed by atoms with Crippen LogP contribution in [0.3, 0.4) is 0 Å². The molecule has 0 radical (unpaired) electrons. The van der Waals surface area contributed by atoms with Gasteiger partial charge >= 0.3 is 5.97 Å². The van der Waals surface area contributed by atoms with Crippen molar-refractivity contribution in [2.75, 3.05) is 47.3 Å². The van der Waals surface area contributed by atoms with E-state index < -0.39 is 5.92 Å². The zero-order chi connectivity index (χ0) is 25.7. The maximum atomic E-state index is 13.3. The molecule has 3 aliphatic heterocycles. The quantitative estimate of drug-likeness (QED) is 0.543. The van der Waals surface area contributed by atoms with Crippen LogP contribution in [0, 0.1) is 11.8 Å². The summed E-state index contributed by atoms with van der Waals surface area (Å²) in [5, 5.41) is 20.3. The van der Waals surface area contributed by atoms with Gasteiger partial charge in [0.2, 0.25) is 12.5 Å². The number of methoxy groups -OCH3 is 2. The van der Waals surface area contributed by atoms with Crippen molar-refractivity contribution in [3.63, 3.8) is 0 Å². The second-order valence-electron chi connectivity index (χ2n) is 10.3. The molecule has 0 unspecified atom stereocenters. The summed E-state index contributed by atoms with van der Waals surface area (Å²) in [5.41, 5.74) is 2.92. The second kappa shape index (κ2) is 9.61. The normalized spacial score (nSPS) is 28.1. The van der Waals surface area contributed by atoms with Gasteiger partial charge in [-0.3, -0.25) is 9.69 Å². The lowest BCUT2D eigenvalue weighted by Gasteiger charge is -2.40. The highest BCUT2D eigenvalue weighted by Gasteiger charge is 2.52. The number of likely N-dealkylation sites (tertiary alicyclic amines) is 1. The van der Waals surface area contributed by atoms with E-state index in [0.29, 0.717) is 18.1 Å². The van der Waals surface area contributed by atoms with Crippen LogP contribution in [0.1, 0.15) is 47.8 Å². The van der Waals surface area contributed by atoms with Gasteiger partial charge in [-0.15, -0.1) is 0 Å². The predicted octanol–water partition coefficient (Wildman–Crippen LogP) is 3.00. The molecule has 0 spiro atoms. The van der Waals surface area contributed by atoms with E-state index in [0.717, 1.165) is 49.0 Å². The van der Waals surface area contributed by atoms with Gasteiger partial charge < -0.3 is 33.9 Å². The van der Waals surface area contributed by atoms with Crippen LogP contribution in [0.5, 0.6) is 28.7 Å². The number of hydrogen-bond acceptors (Lipinski definition) is 9. The molecule has 6 rings (SSSR count). The van der Waals surface area contributed by atoms with Crippen molar-refractivity contribution in [3.8, 4) is 28.7 Å². The fraction of sp³-hybridized carbons (Fsp3) is 0.536. The van der Waals surface area contributed by atoms with Crippen LogP contribution in [0.4, 0.5) is 0 Å². The van der Waals surface area contributed by atoms with Gasteiger partial charge in [-0.1, -0.05) is 0 Å². The van der Waals surface area contributed by atoms with Crippen molar-refractivity contribution in [1.29, 1.82) is 0 Å². The molecule has 37 heavy (non-hydrogen) atoms. The number of aliphatic hydroxyl groups is 1. The molecule has 2 saturated heterocycles. The monoisotopic (exact) mass is 511 g/mol. The van der Waals surface area contributed by atoms with Crippen LogP contribution in [0.25, 0.3) is 0 Å². The van der Waals surface area contributed by atoms with Crippen LogP contribution in [0.15, 0.2) is 24.3 Å². The molecule has 1 aliphatic carbocycles. The number of phenolic OH excluding ortho intramolecular Hbond substituents is 1. The van der Waals surface area contributed by atoms with E-state index in [-0.39, 0.29) is 60.4 Å². The molecule has 0 amide bonds. The van der Waals surface area contributed by atoms with E-state index in [2.05, 4.69) is 11.0 Å². The average Bonchev–Trinajstić information content (AvgIpc) is 3.66. The Hall–Kier alpha value is -3.17. The first-order valence-electron chi connectivity index (χ1n) is 12.9. The number of ether oxygens (including phenoxy) is 5. The molecule has 9 nitrogen and oxygen atoms in total. The van der Waals surface area contributed by atoms with Crippen LogP contribution in [0.2, 0.25) is 0 Å². The predicted molar refractivity (Wildman–Crippen MR) is 133 cm³/mol. The smallest absolute Gasteiger partial charge is 0.310 e. The SMILES string of the molecule is COc1cc([C@@H]2c3cc4c(cc3[C@@H](CCN3CCC[C@@H]3CO)[C@H]3COC(=O)[C@H]23)OCO4)cc(OC)c1O. The maximum Gasteiger partial charge on any atom is 0.310 e. The number of benzene rings is 2. The fourth-order valence-electron chi connectivity index (χ4n) is 6.84. The number of esters is 1. The van der Waals surface area contributed by atoms with E-state index in [9.17, 15) is 15.0 Å². The number of nitrogens with zero attached hydrogens (tertiary/aromatic N) is 1. The molecule has 2 fully saturated rings. The molecule has 2 aromatic carbocycles. The third kappa shape index (κ3) is 3.95. The minimum atomic E-state index is -0.399. The number of phenols is 1. The summed E-state index contributed by atoms with van der Waals surface area (Å²) in [4.78, 5) is 15.6. The first kappa shape index (κ1) is 24.2. The molecule has 0 aromatic heterocycles. The highest BCUT2D eigenvalue weighted by atomic mass is 16.7. The second-order valence-corrected chi connectivity index (χ2v) is 10.3. The summed E-state index contributed by atoms with van der Waals surface area (Å²) in [5.74, 6) is 0.962. The molecule has 0 bridgehead atoms. The number of carbonyl (C=O) groups is 1. The molecular formula is C28H33NO8. The van der Waals surface area contributed by atoms with Gasteiger partial charge in [0.25, 0.3) is 0 Å². The summed E-state index contributed by atoms with van der Waals surface area (Å²) < 4.78 is 28.1. The maximum absolute atomic E-state index is 13.3. The Balaban J connectivity index is 1.46. The van der Waals surface area contributed by atoms with Crippen molar-refractivity contribution in [1.82, 2.24) is 4.90 Å². The van der Waals surface area contributed by atoms with Crippen molar-refractivity contribution >= 4 is 5.97 Å². The standard InChI is InChI=1S/C28H33NO8/c1-33-23-8-15(9-24(34-2)27(23)31)25-19-11-22-21(36-14-37-22)10-18(19)17(20-13-35-28(32)26(20)25)5-7-29-6-3-4-16(29)12-30/h8-11,16-17,20,25-26,30-31H,3-7,12-14H2,1-2H3/t16-,17-,20-,25-,26+/m1/s1. The number of cyclic esters (lactones) is 1. The van der Waals surface area contributed by atoms with Gasteiger partial charge in [-0.05, 0) is 79.2 Å². The number of hydrogen-bond donors (Lipinski definition) is 2. The number of rotatable bonds is 7. The summed E-state index contributed by atoms with van der Waals surface area (Å²) in [7, 11) is 2.98. The molecule has 4 aliphatic rings. The van der Waals surface area contributed by atoms with Crippen LogP contribution >= 0.6 is 0 Å². The van der Waals surface area contributed by atoms with Gasteiger partial charge in [0, 0.05) is 17.9 Å². The van der Waals surface area contributed by atoms with Gasteiger partial charge in [-0.25, -0.2) is 0 Å². The Morgan fingerprint density at radius 1 is 1.03 bits per heavy atom. The van der Waals surface area contributed by atoms with Crippen LogP contribution in [-0.2, 0) is 9.53 Å². The summed E-state index contributed by atoms with van der Waals surface area (Å²) in [6, 6.07) is 7.81. The van der Waals surface area contributed by atoms with Gasteiger partial charge in [-0.2, -0.15) is 0 Å². The Morgan fingerprint density at radius 2 is 1.73 bits per heavy atom. The third-order valence-corrected chi connectivity index (χ3v) is 8.64. The lowest BCUT2D eigenvalue weighted by atomic mass is 9.62. The topological polar surface area (TPSA) is 107 Å². The van der Waals surface area contributed by atoms with Crippen molar-refractivity contribution in [2.45, 2.75) is 37.1 Å². The number of fused-ring (bicyclic) bond motifs is 3. The minimum Gasteiger partial charge on any atom is -0.502 e. The summed E-state index contributed by atoms with van der Waals surface area (Å²) in [6.45, 7) is 2.50. The molecule has 3 heterocycles. The van der Waals surface area contributed by atoms with Gasteiger partial charge in [0.05, 0.1) is 33.4 Å². The Labute approximate surface area is 215 Å². The molecule has 0 saturated carbocycles. The molecule has 2 aromatic rings. The summed E-state index contributed by atoms with van der Waals surface area (Å²) in [6.07, 6.45) is 2.94. The fourth-order valence-corrected chi connectivity index (χ4v) is 6.84. The number of aromatic hydroxyl groups is 1. The van der Waals surface area contributed by atoms with E-state index in [4.69, 9.17) is 23.7 Å². The summed E-state index contributed by atoms with van der Waals surface area (Å²) >= 11 is 0. The van der Waals surface area contributed by atoms with Crippen molar-refractivity contribution in [2.24, 2.45) is 11.8 Å². The van der Waals surface area contributed by atoms with E-state index >= 15 is 0 Å². The van der Waals surface area contributed by atoms with Gasteiger partial charge in [0.15, 0.2) is 23.0 Å². The average molecular weight is 512 g/mol. The highest BCUT2D eigenvalue weighted by Crippen LogP contribution is 2.57.